The molecule has 2 N–H and O–H groups in total. The number of furan rings is 1. The Morgan fingerprint density at radius 1 is 0.931 bits per heavy atom. The average Bonchev–Trinajstić information content (AvgIpc) is 3.22. The molecular formula is C20H15F3N2O4. The molecule has 0 spiro atoms. The van der Waals surface area contributed by atoms with Crippen LogP contribution in [-0.2, 0) is 11.0 Å². The largest absolute Gasteiger partial charge is 0.484 e. The molecular weight excluding hydrogens is 389 g/mol. The van der Waals surface area contributed by atoms with Crippen molar-refractivity contribution in [1.82, 2.24) is 0 Å². The number of rotatable bonds is 6. The summed E-state index contributed by atoms with van der Waals surface area (Å²) in [6.45, 7) is -0.394. The predicted octanol–water partition coefficient (Wildman–Crippen LogP) is 4.57. The van der Waals surface area contributed by atoms with Gasteiger partial charge in [-0.1, -0.05) is 6.07 Å². The number of amides is 2. The quantitative estimate of drug-likeness (QED) is 0.631. The maximum Gasteiger partial charge on any atom is 0.416 e. The van der Waals surface area contributed by atoms with E-state index in [-0.39, 0.29) is 11.4 Å². The molecule has 1 heterocycles. The molecule has 0 radical (unpaired) electrons. The van der Waals surface area contributed by atoms with Crippen LogP contribution >= 0.6 is 0 Å². The second kappa shape index (κ2) is 8.51. The van der Waals surface area contributed by atoms with E-state index in [0.29, 0.717) is 11.4 Å². The van der Waals surface area contributed by atoms with Crippen LogP contribution in [0.2, 0.25) is 0 Å². The van der Waals surface area contributed by atoms with Crippen LogP contribution < -0.4 is 15.4 Å². The van der Waals surface area contributed by atoms with E-state index in [4.69, 9.17) is 9.15 Å². The Bertz CT molecular complexity index is 984. The first-order valence-corrected chi connectivity index (χ1v) is 8.36. The molecule has 2 aromatic carbocycles. The number of hydrogen-bond acceptors (Lipinski definition) is 4. The highest BCUT2D eigenvalue weighted by molar-refractivity contribution is 6.02. The number of alkyl halides is 3. The average molecular weight is 404 g/mol. The highest BCUT2D eigenvalue weighted by Gasteiger charge is 2.30. The Hall–Kier alpha value is -3.75. The lowest BCUT2D eigenvalue weighted by molar-refractivity contribution is -0.137. The van der Waals surface area contributed by atoms with Gasteiger partial charge in [0.2, 0.25) is 0 Å². The lowest BCUT2D eigenvalue weighted by atomic mass is 10.2. The summed E-state index contributed by atoms with van der Waals surface area (Å²) in [5.41, 5.74) is -0.347. The number of benzene rings is 2. The minimum absolute atomic E-state index is 0.0180. The van der Waals surface area contributed by atoms with Crippen LogP contribution in [0.5, 0.6) is 5.75 Å². The smallest absolute Gasteiger partial charge is 0.416 e. The monoisotopic (exact) mass is 404 g/mol. The predicted molar refractivity (Wildman–Crippen MR) is 98.7 cm³/mol. The maximum atomic E-state index is 12.7. The van der Waals surface area contributed by atoms with Crippen LogP contribution in [0.15, 0.2) is 71.3 Å². The van der Waals surface area contributed by atoms with Crippen molar-refractivity contribution >= 4 is 23.2 Å². The van der Waals surface area contributed by atoms with Crippen molar-refractivity contribution in [2.24, 2.45) is 0 Å². The number of hydrogen-bond donors (Lipinski definition) is 2. The molecule has 3 aromatic rings. The molecule has 150 valence electrons. The zero-order valence-corrected chi connectivity index (χ0v) is 14.8. The minimum Gasteiger partial charge on any atom is -0.484 e. The lowest BCUT2D eigenvalue weighted by Crippen LogP contribution is -2.20. The van der Waals surface area contributed by atoms with Gasteiger partial charge in [-0.25, -0.2) is 0 Å². The van der Waals surface area contributed by atoms with Crippen molar-refractivity contribution in [1.29, 1.82) is 0 Å². The van der Waals surface area contributed by atoms with Crippen molar-refractivity contribution in [3.05, 3.63) is 78.3 Å². The Labute approximate surface area is 163 Å². The maximum absolute atomic E-state index is 12.7. The van der Waals surface area contributed by atoms with Crippen LogP contribution in [0.25, 0.3) is 0 Å². The molecule has 0 unspecified atom stereocenters. The van der Waals surface area contributed by atoms with Gasteiger partial charge in [0.25, 0.3) is 11.8 Å². The highest BCUT2D eigenvalue weighted by Crippen LogP contribution is 2.30. The number of ether oxygens (including phenoxy) is 1. The fraction of sp³-hybridized carbons (Fsp3) is 0.100. The van der Waals surface area contributed by atoms with Crippen molar-refractivity contribution in [2.45, 2.75) is 6.18 Å². The summed E-state index contributed by atoms with van der Waals surface area (Å²) < 4.78 is 48.4. The first-order chi connectivity index (χ1) is 13.8. The molecule has 0 aliphatic carbocycles. The lowest BCUT2D eigenvalue weighted by Gasteiger charge is -2.11. The standard InChI is InChI=1S/C20H15F3N2O4/c21-20(22,23)13-3-1-4-15(11-13)24-18(26)12-29-16-8-6-14(7-9-16)25-19(27)17-5-2-10-28-17/h1-11H,12H2,(H,24,26)(H,25,27). The zero-order chi connectivity index (χ0) is 20.9. The fourth-order valence-electron chi connectivity index (χ4n) is 2.35. The second-order valence-corrected chi connectivity index (χ2v) is 5.87. The number of halogens is 3. The molecule has 0 fully saturated rings. The van der Waals surface area contributed by atoms with Gasteiger partial charge in [0.05, 0.1) is 11.8 Å². The molecule has 1 aromatic heterocycles. The van der Waals surface area contributed by atoms with E-state index in [1.165, 1.54) is 36.6 Å². The van der Waals surface area contributed by atoms with Crippen LogP contribution in [0.3, 0.4) is 0 Å². The van der Waals surface area contributed by atoms with Crippen molar-refractivity contribution in [3.8, 4) is 5.75 Å². The molecule has 0 atom stereocenters. The van der Waals surface area contributed by atoms with E-state index in [0.717, 1.165) is 12.1 Å². The molecule has 9 heteroatoms. The van der Waals surface area contributed by atoms with Crippen LogP contribution in [0, 0.1) is 0 Å². The first-order valence-electron chi connectivity index (χ1n) is 8.36. The summed E-state index contributed by atoms with van der Waals surface area (Å²) in [5.74, 6) is -0.513. The Kier molecular flexibility index (Phi) is 5.87. The summed E-state index contributed by atoms with van der Waals surface area (Å²) in [6.07, 6.45) is -3.11. The Balaban J connectivity index is 1.51. The van der Waals surface area contributed by atoms with E-state index >= 15 is 0 Å². The molecule has 29 heavy (non-hydrogen) atoms. The van der Waals surface area contributed by atoms with Crippen LogP contribution in [0.4, 0.5) is 24.5 Å². The minimum atomic E-state index is -4.49. The highest BCUT2D eigenvalue weighted by atomic mass is 19.4. The summed E-state index contributed by atoms with van der Waals surface area (Å²) in [4.78, 5) is 23.8. The van der Waals surface area contributed by atoms with E-state index in [1.54, 1.807) is 18.2 Å². The molecule has 0 saturated carbocycles. The number of carbonyl (C=O) groups excluding carboxylic acids is 2. The van der Waals surface area contributed by atoms with E-state index in [1.807, 2.05) is 0 Å². The van der Waals surface area contributed by atoms with Crippen molar-refractivity contribution in [2.75, 3.05) is 17.2 Å². The zero-order valence-electron chi connectivity index (χ0n) is 14.8. The first kappa shape index (κ1) is 20.0. The normalized spacial score (nSPS) is 11.0. The molecule has 2 amide bonds. The van der Waals surface area contributed by atoms with Gasteiger partial charge in [-0.15, -0.1) is 0 Å². The summed E-state index contributed by atoms with van der Waals surface area (Å²) >= 11 is 0. The van der Waals surface area contributed by atoms with Gasteiger partial charge in [-0.3, -0.25) is 9.59 Å². The van der Waals surface area contributed by atoms with Gasteiger partial charge < -0.3 is 19.8 Å². The van der Waals surface area contributed by atoms with Crippen LogP contribution in [0.1, 0.15) is 16.1 Å². The number of anilines is 2. The third-order valence-electron chi connectivity index (χ3n) is 3.70. The number of carbonyl (C=O) groups is 2. The van der Waals surface area contributed by atoms with Crippen molar-refractivity contribution < 1.29 is 31.9 Å². The third kappa shape index (κ3) is 5.61. The van der Waals surface area contributed by atoms with Gasteiger partial charge >= 0.3 is 6.18 Å². The summed E-state index contributed by atoms with van der Waals surface area (Å²) in [7, 11) is 0. The van der Waals surface area contributed by atoms with Gasteiger partial charge in [0, 0.05) is 11.4 Å². The van der Waals surface area contributed by atoms with E-state index < -0.39 is 30.2 Å². The molecule has 3 rings (SSSR count). The number of nitrogens with one attached hydrogen (secondary N) is 2. The molecule has 0 saturated heterocycles. The van der Waals surface area contributed by atoms with Gasteiger partial charge in [-0.2, -0.15) is 13.2 Å². The molecule has 0 aliphatic heterocycles. The fourth-order valence-corrected chi connectivity index (χ4v) is 2.35. The molecule has 6 nitrogen and oxygen atoms in total. The SMILES string of the molecule is O=C(COc1ccc(NC(=O)c2ccco2)cc1)Nc1cccc(C(F)(F)F)c1. The van der Waals surface area contributed by atoms with Gasteiger partial charge in [0.1, 0.15) is 5.75 Å². The Morgan fingerprint density at radius 3 is 2.34 bits per heavy atom. The van der Waals surface area contributed by atoms with E-state index in [9.17, 15) is 22.8 Å². The summed E-state index contributed by atoms with van der Waals surface area (Å²) in [6, 6.07) is 13.6. The topological polar surface area (TPSA) is 80.6 Å². The van der Waals surface area contributed by atoms with Crippen molar-refractivity contribution in [3.63, 3.8) is 0 Å². The summed E-state index contributed by atoms with van der Waals surface area (Å²) in [5, 5.41) is 4.97. The second-order valence-electron chi connectivity index (χ2n) is 5.87. The van der Waals surface area contributed by atoms with Gasteiger partial charge in [0.15, 0.2) is 12.4 Å². The van der Waals surface area contributed by atoms with E-state index in [2.05, 4.69) is 10.6 Å². The molecule has 0 aliphatic rings. The van der Waals surface area contributed by atoms with Crippen LogP contribution in [-0.4, -0.2) is 18.4 Å². The third-order valence-corrected chi connectivity index (χ3v) is 3.70. The van der Waals surface area contributed by atoms with Gasteiger partial charge in [-0.05, 0) is 54.6 Å². The Morgan fingerprint density at radius 2 is 1.69 bits per heavy atom. The molecule has 0 bridgehead atoms.